The fraction of sp³-hybridized carbons (Fsp3) is 0.429. The Morgan fingerprint density at radius 3 is 2.58 bits per heavy atom. The summed E-state index contributed by atoms with van der Waals surface area (Å²) in [5, 5.41) is 9.04. The van der Waals surface area contributed by atoms with E-state index in [1.54, 1.807) is 28.8 Å². The number of carbonyl (C=O) groups is 2. The summed E-state index contributed by atoms with van der Waals surface area (Å²) in [5.74, 6) is -1.31. The van der Waals surface area contributed by atoms with Crippen LogP contribution in [0, 0.1) is 5.92 Å². The largest absolute Gasteiger partial charge is 0.481 e. The molecule has 1 aromatic carbocycles. The fourth-order valence-electron chi connectivity index (χ4n) is 2.28. The van der Waals surface area contributed by atoms with Crippen molar-refractivity contribution in [1.29, 1.82) is 0 Å². The molecular weight excluding hydrogens is 262 g/mol. The molecule has 1 amide bonds. The second-order valence-corrected chi connectivity index (χ2v) is 5.54. The van der Waals surface area contributed by atoms with E-state index in [2.05, 4.69) is 0 Å². The Hall–Kier alpha value is -1.49. The minimum Gasteiger partial charge on any atom is -0.481 e. The number of carboxylic acid groups (broad SMARTS) is 1. The van der Waals surface area contributed by atoms with Crippen molar-refractivity contribution in [3.63, 3.8) is 0 Å². The van der Waals surface area contributed by atoms with Gasteiger partial charge in [0.05, 0.1) is 5.92 Å². The highest BCUT2D eigenvalue weighted by Gasteiger charge is 2.28. The minimum atomic E-state index is -0.810. The van der Waals surface area contributed by atoms with Crippen LogP contribution in [0.5, 0.6) is 0 Å². The first-order valence-electron chi connectivity index (χ1n) is 6.28. The summed E-state index contributed by atoms with van der Waals surface area (Å²) in [6, 6.07) is 7.43. The number of amides is 1. The SMILES string of the molecule is CSc1ccc(C(=O)N2CCC[C@@H](C(=O)O)C2)cc1. The van der Waals surface area contributed by atoms with Crippen molar-refractivity contribution in [2.75, 3.05) is 19.3 Å². The van der Waals surface area contributed by atoms with E-state index in [1.807, 2.05) is 18.4 Å². The molecule has 1 atom stereocenters. The molecule has 0 bridgehead atoms. The Labute approximate surface area is 116 Å². The van der Waals surface area contributed by atoms with Crippen molar-refractivity contribution in [2.45, 2.75) is 17.7 Å². The first-order chi connectivity index (χ1) is 9.11. The van der Waals surface area contributed by atoms with Gasteiger partial charge in [0.15, 0.2) is 0 Å². The zero-order valence-electron chi connectivity index (χ0n) is 10.8. The van der Waals surface area contributed by atoms with Gasteiger partial charge in [-0.1, -0.05) is 0 Å². The predicted molar refractivity (Wildman–Crippen MR) is 74.5 cm³/mol. The number of rotatable bonds is 3. The third kappa shape index (κ3) is 3.29. The molecule has 1 fully saturated rings. The molecule has 0 aromatic heterocycles. The number of aliphatic carboxylic acids is 1. The van der Waals surface area contributed by atoms with Gasteiger partial charge in [0.25, 0.3) is 5.91 Å². The maximum Gasteiger partial charge on any atom is 0.308 e. The first kappa shape index (κ1) is 13.9. The Balaban J connectivity index is 2.07. The van der Waals surface area contributed by atoms with Gasteiger partial charge in [-0.3, -0.25) is 9.59 Å². The molecule has 0 unspecified atom stereocenters. The van der Waals surface area contributed by atoms with E-state index in [1.165, 1.54) is 0 Å². The second-order valence-electron chi connectivity index (χ2n) is 4.66. The molecule has 0 aliphatic carbocycles. The average Bonchev–Trinajstić information content (AvgIpc) is 2.46. The number of carboxylic acids is 1. The van der Waals surface area contributed by atoms with Gasteiger partial charge >= 0.3 is 5.97 Å². The van der Waals surface area contributed by atoms with Crippen molar-refractivity contribution < 1.29 is 14.7 Å². The molecule has 1 N–H and O–H groups in total. The number of hydrogen-bond donors (Lipinski definition) is 1. The lowest BCUT2D eigenvalue weighted by Crippen LogP contribution is -2.42. The summed E-state index contributed by atoms with van der Waals surface area (Å²) in [6.45, 7) is 0.964. The number of likely N-dealkylation sites (tertiary alicyclic amines) is 1. The zero-order valence-corrected chi connectivity index (χ0v) is 11.7. The summed E-state index contributed by atoms with van der Waals surface area (Å²) in [5.41, 5.74) is 0.629. The monoisotopic (exact) mass is 279 g/mol. The van der Waals surface area contributed by atoms with E-state index in [0.717, 1.165) is 11.3 Å². The van der Waals surface area contributed by atoms with E-state index in [4.69, 9.17) is 5.11 Å². The molecule has 4 nitrogen and oxygen atoms in total. The van der Waals surface area contributed by atoms with Crippen LogP contribution in [0.1, 0.15) is 23.2 Å². The van der Waals surface area contributed by atoms with Crippen molar-refractivity contribution in [3.8, 4) is 0 Å². The first-order valence-corrected chi connectivity index (χ1v) is 7.50. The van der Waals surface area contributed by atoms with Crippen LogP contribution in [0.15, 0.2) is 29.2 Å². The fourth-order valence-corrected chi connectivity index (χ4v) is 2.69. The molecular formula is C14H17NO3S. The number of thioether (sulfide) groups is 1. The number of nitrogens with zero attached hydrogens (tertiary/aromatic N) is 1. The van der Waals surface area contributed by atoms with Crippen LogP contribution in [0.2, 0.25) is 0 Å². The Bertz CT molecular complexity index is 472. The standard InChI is InChI=1S/C14H17NO3S/c1-19-12-6-4-10(5-7-12)13(16)15-8-2-3-11(9-15)14(17)18/h4-7,11H,2-3,8-9H2,1H3,(H,17,18)/t11-/m1/s1. The minimum absolute atomic E-state index is 0.0707. The van der Waals surface area contributed by atoms with Crippen molar-refractivity contribution in [3.05, 3.63) is 29.8 Å². The van der Waals surface area contributed by atoms with E-state index in [9.17, 15) is 9.59 Å². The summed E-state index contributed by atoms with van der Waals surface area (Å²) >= 11 is 1.63. The van der Waals surface area contributed by atoms with Gasteiger partial charge in [-0.2, -0.15) is 0 Å². The molecule has 19 heavy (non-hydrogen) atoms. The van der Waals surface area contributed by atoms with E-state index >= 15 is 0 Å². The maximum absolute atomic E-state index is 12.3. The predicted octanol–water partition coefficient (Wildman–Crippen LogP) is 2.35. The summed E-state index contributed by atoms with van der Waals surface area (Å²) < 4.78 is 0. The summed E-state index contributed by atoms with van der Waals surface area (Å²) in [7, 11) is 0. The Morgan fingerprint density at radius 2 is 2.00 bits per heavy atom. The lowest BCUT2D eigenvalue weighted by atomic mass is 9.97. The number of piperidine rings is 1. The smallest absolute Gasteiger partial charge is 0.308 e. The van der Waals surface area contributed by atoms with Gasteiger partial charge in [-0.15, -0.1) is 11.8 Å². The third-order valence-electron chi connectivity index (χ3n) is 3.39. The molecule has 102 valence electrons. The normalized spacial score (nSPS) is 19.2. The van der Waals surface area contributed by atoms with Crippen LogP contribution in [0.4, 0.5) is 0 Å². The maximum atomic E-state index is 12.3. The molecule has 2 rings (SSSR count). The lowest BCUT2D eigenvalue weighted by molar-refractivity contribution is -0.143. The molecule has 0 saturated carbocycles. The van der Waals surface area contributed by atoms with E-state index in [-0.39, 0.29) is 5.91 Å². The Morgan fingerprint density at radius 1 is 1.32 bits per heavy atom. The highest BCUT2D eigenvalue weighted by atomic mass is 32.2. The van der Waals surface area contributed by atoms with Gasteiger partial charge in [0.1, 0.15) is 0 Å². The average molecular weight is 279 g/mol. The molecule has 0 spiro atoms. The molecule has 0 radical (unpaired) electrons. The van der Waals surface area contributed by atoms with Crippen LogP contribution in [-0.4, -0.2) is 41.2 Å². The van der Waals surface area contributed by atoms with Gasteiger partial charge in [-0.05, 0) is 43.4 Å². The van der Waals surface area contributed by atoms with Gasteiger partial charge in [0.2, 0.25) is 0 Å². The number of hydrogen-bond acceptors (Lipinski definition) is 3. The van der Waals surface area contributed by atoms with Gasteiger partial charge < -0.3 is 10.0 Å². The molecule has 1 heterocycles. The van der Waals surface area contributed by atoms with Gasteiger partial charge in [-0.25, -0.2) is 0 Å². The second kappa shape index (κ2) is 6.10. The van der Waals surface area contributed by atoms with Crippen molar-refractivity contribution >= 4 is 23.6 Å². The molecule has 1 aliphatic heterocycles. The number of carbonyl (C=O) groups excluding carboxylic acids is 1. The van der Waals surface area contributed by atoms with Crippen molar-refractivity contribution in [2.24, 2.45) is 5.92 Å². The molecule has 5 heteroatoms. The van der Waals surface area contributed by atoms with E-state index < -0.39 is 11.9 Å². The Kier molecular flexibility index (Phi) is 4.47. The van der Waals surface area contributed by atoms with E-state index in [0.29, 0.717) is 25.1 Å². The lowest BCUT2D eigenvalue weighted by Gasteiger charge is -2.30. The van der Waals surface area contributed by atoms with Crippen LogP contribution in [0.3, 0.4) is 0 Å². The van der Waals surface area contributed by atoms with Crippen LogP contribution in [-0.2, 0) is 4.79 Å². The number of benzene rings is 1. The third-order valence-corrected chi connectivity index (χ3v) is 4.14. The summed E-state index contributed by atoms with van der Waals surface area (Å²) in [4.78, 5) is 26.1. The molecule has 1 saturated heterocycles. The molecule has 1 aromatic rings. The molecule has 1 aliphatic rings. The van der Waals surface area contributed by atoms with Crippen molar-refractivity contribution in [1.82, 2.24) is 4.90 Å². The highest BCUT2D eigenvalue weighted by Crippen LogP contribution is 2.20. The summed E-state index contributed by atoms with van der Waals surface area (Å²) in [6.07, 6.45) is 3.40. The highest BCUT2D eigenvalue weighted by molar-refractivity contribution is 7.98. The van der Waals surface area contributed by atoms with Gasteiger partial charge in [0, 0.05) is 23.5 Å². The van der Waals surface area contributed by atoms with Crippen LogP contribution < -0.4 is 0 Å². The van der Waals surface area contributed by atoms with Crippen LogP contribution in [0.25, 0.3) is 0 Å². The topological polar surface area (TPSA) is 57.6 Å². The quantitative estimate of drug-likeness (QED) is 0.863. The zero-order chi connectivity index (χ0) is 13.8. The van der Waals surface area contributed by atoms with Crippen LogP contribution >= 0.6 is 11.8 Å².